The zero-order valence-corrected chi connectivity index (χ0v) is 21.2. The number of thiophene rings is 1. The molecule has 1 aliphatic heterocycles. The van der Waals surface area contributed by atoms with Gasteiger partial charge in [-0.2, -0.15) is 5.06 Å². The zero-order valence-electron chi connectivity index (χ0n) is 20.4. The van der Waals surface area contributed by atoms with Crippen LogP contribution >= 0.6 is 11.3 Å². The average Bonchev–Trinajstić information content (AvgIpc) is 3.63. The lowest BCUT2D eigenvalue weighted by Gasteiger charge is -2.23. The number of anilines is 3. The second-order valence-corrected chi connectivity index (χ2v) is 9.29. The van der Waals surface area contributed by atoms with Gasteiger partial charge in [-0.3, -0.25) is 4.84 Å². The topological polar surface area (TPSA) is 106 Å². The van der Waals surface area contributed by atoms with Crippen molar-refractivity contribution in [3.8, 4) is 11.8 Å². The number of carbonyl (C=O) groups excluding carboxylic acids is 2. The van der Waals surface area contributed by atoms with E-state index in [4.69, 9.17) is 9.57 Å². The third-order valence-electron chi connectivity index (χ3n) is 5.63. The number of methoxy groups -OCH3 is 1. The maximum atomic E-state index is 12.9. The molecule has 1 saturated heterocycles. The molecule has 2 amide bonds. The molecular formula is C28H23N5O4S. The molecule has 0 bridgehead atoms. The lowest BCUT2D eigenvalue weighted by molar-refractivity contribution is -0.0829. The molecule has 2 aromatic heterocycles. The van der Waals surface area contributed by atoms with E-state index in [0.29, 0.717) is 28.7 Å². The molecule has 9 nitrogen and oxygen atoms in total. The number of amides is 2. The Hall–Kier alpha value is -4.72. The Kier molecular flexibility index (Phi) is 7.59. The normalized spacial score (nSPS) is 14.3. The van der Waals surface area contributed by atoms with Crippen LogP contribution in [-0.4, -0.2) is 40.7 Å². The summed E-state index contributed by atoms with van der Waals surface area (Å²) in [6, 6.07) is 20.1. The molecule has 10 heteroatoms. The Bertz CT molecular complexity index is 1490. The fraction of sp³-hybridized carbons (Fsp3) is 0.143. The molecule has 5 rings (SSSR count). The molecule has 0 aliphatic carbocycles. The molecule has 0 spiro atoms. The van der Waals surface area contributed by atoms with Crippen molar-refractivity contribution in [3.05, 3.63) is 101 Å². The minimum Gasteiger partial charge on any atom is -0.465 e. The quantitative estimate of drug-likeness (QED) is 0.266. The van der Waals surface area contributed by atoms with Gasteiger partial charge < -0.3 is 15.4 Å². The van der Waals surface area contributed by atoms with Crippen molar-refractivity contribution in [2.24, 2.45) is 0 Å². The summed E-state index contributed by atoms with van der Waals surface area (Å²) in [5, 5.41) is 8.07. The molecular weight excluding hydrogens is 502 g/mol. The molecule has 0 unspecified atom stereocenters. The fourth-order valence-corrected chi connectivity index (χ4v) is 4.65. The smallest absolute Gasteiger partial charge is 0.348 e. The standard InChI is InChI=1S/C28H23N5O4S/c1-36-26(34)24-12-13-25(38-24)32-27-29-17-20(18-30-27)11-10-19-6-5-9-22(16-19)31-28(35)33-23(14-15-37-33)21-7-3-2-4-8-21/h2-9,12-13,16-18,23H,14-15H2,1H3,(H,31,35)(H,29,30,32)/t23-/m0/s1. The van der Waals surface area contributed by atoms with Gasteiger partial charge in [-0.1, -0.05) is 48.2 Å². The van der Waals surface area contributed by atoms with E-state index in [1.54, 1.807) is 36.7 Å². The van der Waals surface area contributed by atoms with Gasteiger partial charge in [-0.15, -0.1) is 11.3 Å². The van der Waals surface area contributed by atoms with Crippen LogP contribution in [0.4, 0.5) is 21.4 Å². The number of hydroxylamine groups is 2. The minimum atomic E-state index is -0.390. The highest BCUT2D eigenvalue weighted by atomic mass is 32.1. The van der Waals surface area contributed by atoms with Crippen molar-refractivity contribution >= 4 is 40.0 Å². The van der Waals surface area contributed by atoms with E-state index in [2.05, 4.69) is 32.4 Å². The number of nitrogens with zero attached hydrogens (tertiary/aromatic N) is 3. The molecule has 1 fully saturated rings. The van der Waals surface area contributed by atoms with E-state index >= 15 is 0 Å². The SMILES string of the molecule is COC(=O)c1ccc(Nc2ncc(C#Cc3cccc(NC(=O)N4OCC[C@H]4c4ccccc4)c3)cn2)s1. The van der Waals surface area contributed by atoms with E-state index < -0.39 is 0 Å². The number of carbonyl (C=O) groups is 2. The highest BCUT2D eigenvalue weighted by molar-refractivity contribution is 7.17. The maximum absolute atomic E-state index is 12.9. The lowest BCUT2D eigenvalue weighted by Crippen LogP contribution is -2.33. The molecule has 190 valence electrons. The predicted molar refractivity (Wildman–Crippen MR) is 144 cm³/mol. The van der Waals surface area contributed by atoms with Gasteiger partial charge in [0.2, 0.25) is 5.95 Å². The third kappa shape index (κ3) is 5.98. The number of nitrogens with one attached hydrogen (secondary N) is 2. The Morgan fingerprint density at radius 3 is 2.61 bits per heavy atom. The second-order valence-electron chi connectivity index (χ2n) is 8.21. The van der Waals surface area contributed by atoms with Crippen LogP contribution in [0.3, 0.4) is 0 Å². The summed E-state index contributed by atoms with van der Waals surface area (Å²) in [6.45, 7) is 0.483. The molecule has 2 N–H and O–H groups in total. The van der Waals surface area contributed by atoms with Crippen molar-refractivity contribution in [3.63, 3.8) is 0 Å². The number of hydrogen-bond donors (Lipinski definition) is 2. The van der Waals surface area contributed by atoms with Gasteiger partial charge in [0.15, 0.2) is 0 Å². The maximum Gasteiger partial charge on any atom is 0.348 e. The first-order chi connectivity index (χ1) is 18.6. The summed E-state index contributed by atoms with van der Waals surface area (Å²) in [5.74, 6) is 6.10. The molecule has 2 aromatic carbocycles. The summed E-state index contributed by atoms with van der Waals surface area (Å²) in [6.07, 6.45) is 3.95. The highest BCUT2D eigenvalue weighted by Crippen LogP contribution is 2.30. The van der Waals surface area contributed by atoms with Gasteiger partial charge in [-0.25, -0.2) is 19.6 Å². The Balaban J connectivity index is 1.21. The highest BCUT2D eigenvalue weighted by Gasteiger charge is 2.31. The van der Waals surface area contributed by atoms with Crippen LogP contribution in [0.5, 0.6) is 0 Å². The second kappa shape index (κ2) is 11.6. The molecule has 1 atom stereocenters. The average molecular weight is 526 g/mol. The minimum absolute atomic E-state index is 0.133. The van der Waals surface area contributed by atoms with Gasteiger partial charge in [0, 0.05) is 30.1 Å². The van der Waals surface area contributed by atoms with Crippen molar-refractivity contribution in [2.45, 2.75) is 12.5 Å². The summed E-state index contributed by atoms with van der Waals surface area (Å²) in [5.41, 5.74) is 3.00. The Morgan fingerprint density at radius 2 is 1.82 bits per heavy atom. The molecule has 4 aromatic rings. The van der Waals surface area contributed by atoms with E-state index in [1.165, 1.54) is 23.5 Å². The van der Waals surface area contributed by atoms with Crippen LogP contribution in [0, 0.1) is 11.8 Å². The number of ether oxygens (including phenoxy) is 1. The van der Waals surface area contributed by atoms with Crippen molar-refractivity contribution in [1.82, 2.24) is 15.0 Å². The number of hydrogen-bond acceptors (Lipinski definition) is 8. The van der Waals surface area contributed by atoms with Crippen LogP contribution in [0.1, 0.15) is 38.8 Å². The molecule has 3 heterocycles. The van der Waals surface area contributed by atoms with Gasteiger partial charge in [-0.05, 0) is 35.9 Å². The molecule has 0 saturated carbocycles. The predicted octanol–water partition coefficient (Wildman–Crippen LogP) is 5.38. The van der Waals surface area contributed by atoms with E-state index in [1.807, 2.05) is 42.5 Å². The van der Waals surface area contributed by atoms with Gasteiger partial charge in [0.25, 0.3) is 0 Å². The molecule has 1 aliphatic rings. The monoisotopic (exact) mass is 525 g/mol. The van der Waals surface area contributed by atoms with Crippen LogP contribution in [0.2, 0.25) is 0 Å². The Labute approximate surface area is 223 Å². The number of benzene rings is 2. The van der Waals surface area contributed by atoms with Crippen molar-refractivity contribution in [2.75, 3.05) is 24.4 Å². The molecule has 38 heavy (non-hydrogen) atoms. The number of aromatic nitrogens is 2. The Morgan fingerprint density at radius 1 is 1.03 bits per heavy atom. The molecule has 0 radical (unpaired) electrons. The van der Waals surface area contributed by atoms with Crippen molar-refractivity contribution < 1.29 is 19.2 Å². The first-order valence-electron chi connectivity index (χ1n) is 11.8. The lowest BCUT2D eigenvalue weighted by atomic mass is 10.1. The summed E-state index contributed by atoms with van der Waals surface area (Å²) in [7, 11) is 1.34. The van der Waals surface area contributed by atoms with Crippen LogP contribution in [0.25, 0.3) is 0 Å². The van der Waals surface area contributed by atoms with Crippen LogP contribution < -0.4 is 10.6 Å². The zero-order chi connectivity index (χ0) is 26.3. The summed E-state index contributed by atoms with van der Waals surface area (Å²) >= 11 is 1.25. The first kappa shape index (κ1) is 25.0. The fourth-order valence-electron chi connectivity index (χ4n) is 3.83. The first-order valence-corrected chi connectivity index (χ1v) is 12.6. The third-order valence-corrected chi connectivity index (χ3v) is 6.61. The number of rotatable bonds is 5. The van der Waals surface area contributed by atoms with Gasteiger partial charge >= 0.3 is 12.0 Å². The number of urea groups is 1. The van der Waals surface area contributed by atoms with Crippen LogP contribution in [-0.2, 0) is 9.57 Å². The van der Waals surface area contributed by atoms with Crippen molar-refractivity contribution in [1.29, 1.82) is 0 Å². The summed E-state index contributed by atoms with van der Waals surface area (Å²) < 4.78 is 4.72. The van der Waals surface area contributed by atoms with Crippen LogP contribution in [0.15, 0.2) is 79.1 Å². The van der Waals surface area contributed by atoms with Gasteiger partial charge in [0.05, 0.1) is 30.3 Å². The number of esters is 1. The van der Waals surface area contributed by atoms with E-state index in [-0.39, 0.29) is 18.0 Å². The largest absolute Gasteiger partial charge is 0.465 e. The van der Waals surface area contributed by atoms with Gasteiger partial charge in [0.1, 0.15) is 4.88 Å². The summed E-state index contributed by atoms with van der Waals surface area (Å²) in [4.78, 5) is 39.2. The van der Waals surface area contributed by atoms with E-state index in [0.717, 1.165) is 22.5 Å². The van der Waals surface area contributed by atoms with E-state index in [9.17, 15) is 9.59 Å².